The summed E-state index contributed by atoms with van der Waals surface area (Å²) in [6.45, 7) is 3.81. The summed E-state index contributed by atoms with van der Waals surface area (Å²) in [4.78, 5) is 56.6. The van der Waals surface area contributed by atoms with Crippen molar-refractivity contribution in [2.24, 2.45) is 11.7 Å². The number of aldehydes is 1. The van der Waals surface area contributed by atoms with Crippen molar-refractivity contribution in [2.75, 3.05) is 43.1 Å². The molecule has 12 heteroatoms. The van der Waals surface area contributed by atoms with Gasteiger partial charge in [0, 0.05) is 43.5 Å². The number of carbonyl (C=O) groups is 4. The van der Waals surface area contributed by atoms with Gasteiger partial charge in [-0.1, -0.05) is 6.07 Å². The average molecular weight is 572 g/mol. The van der Waals surface area contributed by atoms with Crippen LogP contribution < -0.4 is 16.0 Å². The number of fused-ring (bicyclic) bond motifs is 1. The fourth-order valence-electron chi connectivity index (χ4n) is 5.84. The monoisotopic (exact) mass is 571 g/mol. The molecule has 4 heterocycles. The van der Waals surface area contributed by atoms with Gasteiger partial charge in [0.05, 0.1) is 42.3 Å². The topological polar surface area (TPSA) is 153 Å². The average Bonchev–Trinajstić information content (AvgIpc) is 3.56. The number of carbonyl (C=O) groups excluding carboxylic acids is 4. The number of nitrogens with zero attached hydrogens (tertiary/aromatic N) is 5. The third kappa shape index (κ3) is 5.37. The summed E-state index contributed by atoms with van der Waals surface area (Å²) in [6, 6.07) is 10.2. The molecule has 1 unspecified atom stereocenters. The highest BCUT2D eigenvalue weighted by Gasteiger charge is 2.42. The predicted molar refractivity (Wildman–Crippen MR) is 154 cm³/mol. The van der Waals surface area contributed by atoms with Crippen LogP contribution in [0, 0.1) is 5.92 Å². The normalized spacial score (nSPS) is 20.7. The molecule has 42 heavy (non-hydrogen) atoms. The summed E-state index contributed by atoms with van der Waals surface area (Å²) in [5, 5.41) is 7.99. The highest BCUT2D eigenvalue weighted by atomic mass is 16.5. The van der Waals surface area contributed by atoms with Crippen molar-refractivity contribution in [1.82, 2.24) is 19.7 Å². The van der Waals surface area contributed by atoms with Crippen LogP contribution in [0.25, 0.3) is 11.3 Å². The van der Waals surface area contributed by atoms with E-state index in [1.165, 1.54) is 0 Å². The molecule has 3 amide bonds. The number of hydrogen-bond acceptors (Lipinski definition) is 9. The molecule has 2 aromatic heterocycles. The molecule has 1 saturated carbocycles. The number of rotatable bonds is 11. The third-order valence-electron chi connectivity index (χ3n) is 8.26. The quantitative estimate of drug-likeness (QED) is 0.261. The number of benzene rings is 1. The summed E-state index contributed by atoms with van der Waals surface area (Å²) in [6.07, 6.45) is 6.51. The van der Waals surface area contributed by atoms with E-state index < -0.39 is 23.8 Å². The minimum atomic E-state index is -1.15. The van der Waals surface area contributed by atoms with E-state index in [9.17, 15) is 19.2 Å². The minimum absolute atomic E-state index is 0.00728. The van der Waals surface area contributed by atoms with Crippen LogP contribution in [-0.2, 0) is 14.3 Å². The molecule has 0 spiro atoms. The molecule has 12 nitrogen and oxygen atoms in total. The first kappa shape index (κ1) is 27.6. The van der Waals surface area contributed by atoms with Gasteiger partial charge >= 0.3 is 0 Å². The molecule has 1 saturated heterocycles. The number of nitrogens with two attached hydrogens (primary N) is 1. The lowest BCUT2D eigenvalue weighted by Crippen LogP contribution is -2.47. The second kappa shape index (κ2) is 11.7. The standard InChI is InChI=1S/C30H33N7O5/c31-28(39)26(4-2-10-38)37-29(40)23-7-6-21(15-24(23)30(37)41)32-16-19-13-22(14-19)36-18-20(17-33-36)25-3-1-5-27(34-25)35-8-11-42-12-9-35/h1,3,5-7,10,15,17-19,22,26,32H,2,4,8-9,11-14,16H2,(H2,31,39). The maximum Gasteiger partial charge on any atom is 0.262 e. The molecule has 1 aliphatic carbocycles. The van der Waals surface area contributed by atoms with Crippen LogP contribution in [0.3, 0.4) is 0 Å². The van der Waals surface area contributed by atoms with E-state index in [1.807, 2.05) is 29.1 Å². The molecule has 6 rings (SSSR count). The Balaban J connectivity index is 1.04. The van der Waals surface area contributed by atoms with E-state index >= 15 is 0 Å². The lowest BCUT2D eigenvalue weighted by molar-refractivity contribution is -0.122. The van der Waals surface area contributed by atoms with Gasteiger partial charge in [0.25, 0.3) is 11.8 Å². The fourth-order valence-corrected chi connectivity index (χ4v) is 5.84. The van der Waals surface area contributed by atoms with Crippen LogP contribution in [0.5, 0.6) is 0 Å². The summed E-state index contributed by atoms with van der Waals surface area (Å²) in [5.74, 6) is -0.577. The van der Waals surface area contributed by atoms with E-state index in [0.29, 0.717) is 38.0 Å². The van der Waals surface area contributed by atoms with Crippen molar-refractivity contribution in [3.05, 3.63) is 59.9 Å². The number of imide groups is 1. The van der Waals surface area contributed by atoms with Gasteiger partial charge < -0.3 is 25.5 Å². The van der Waals surface area contributed by atoms with Crippen molar-refractivity contribution < 1.29 is 23.9 Å². The Morgan fingerprint density at radius 1 is 1.12 bits per heavy atom. The van der Waals surface area contributed by atoms with Crippen LogP contribution in [-0.4, -0.2) is 82.6 Å². The largest absolute Gasteiger partial charge is 0.385 e. The van der Waals surface area contributed by atoms with Crippen LogP contribution in [0.4, 0.5) is 11.5 Å². The van der Waals surface area contributed by atoms with Gasteiger partial charge in [0.2, 0.25) is 5.91 Å². The SMILES string of the molecule is NC(=O)C(CCC=O)N1C(=O)c2ccc(NCC3CC(n4cc(-c5cccc(N6CCOCC6)n5)cn4)C3)cc2C1=O. The molecular weight excluding hydrogens is 538 g/mol. The zero-order valence-electron chi connectivity index (χ0n) is 23.1. The lowest BCUT2D eigenvalue weighted by Gasteiger charge is -2.35. The highest BCUT2D eigenvalue weighted by Crippen LogP contribution is 2.38. The second-order valence-corrected chi connectivity index (χ2v) is 11.0. The number of amides is 3. The highest BCUT2D eigenvalue weighted by molar-refractivity contribution is 6.23. The van der Waals surface area contributed by atoms with Gasteiger partial charge in [0.1, 0.15) is 18.1 Å². The van der Waals surface area contributed by atoms with Crippen LogP contribution in [0.2, 0.25) is 0 Å². The van der Waals surface area contributed by atoms with Crippen molar-refractivity contribution in [1.29, 1.82) is 0 Å². The number of pyridine rings is 1. The van der Waals surface area contributed by atoms with Crippen LogP contribution >= 0.6 is 0 Å². The van der Waals surface area contributed by atoms with E-state index in [1.54, 1.807) is 18.2 Å². The summed E-state index contributed by atoms with van der Waals surface area (Å²) in [7, 11) is 0. The maximum absolute atomic E-state index is 13.0. The third-order valence-corrected chi connectivity index (χ3v) is 8.26. The molecule has 3 aliphatic rings. The molecule has 1 aromatic carbocycles. The predicted octanol–water partition coefficient (Wildman–Crippen LogP) is 2.27. The molecule has 3 aromatic rings. The molecule has 2 fully saturated rings. The van der Waals surface area contributed by atoms with Crippen LogP contribution in [0.15, 0.2) is 48.8 Å². The second-order valence-electron chi connectivity index (χ2n) is 11.0. The van der Waals surface area contributed by atoms with Crippen molar-refractivity contribution in [3.63, 3.8) is 0 Å². The number of morpholine rings is 1. The van der Waals surface area contributed by atoms with E-state index in [4.69, 9.17) is 15.5 Å². The fraction of sp³-hybridized carbons (Fsp3) is 0.400. The Morgan fingerprint density at radius 3 is 2.67 bits per heavy atom. The molecule has 0 radical (unpaired) electrons. The first-order chi connectivity index (χ1) is 20.4. The molecule has 3 N–H and O–H groups in total. The number of nitrogens with one attached hydrogen (secondary N) is 1. The van der Waals surface area contributed by atoms with E-state index in [-0.39, 0.29) is 24.0 Å². The Morgan fingerprint density at radius 2 is 1.90 bits per heavy atom. The zero-order valence-corrected chi connectivity index (χ0v) is 23.1. The Labute approximate surface area is 242 Å². The minimum Gasteiger partial charge on any atom is -0.385 e. The van der Waals surface area contributed by atoms with Crippen molar-refractivity contribution >= 4 is 35.5 Å². The van der Waals surface area contributed by atoms with Gasteiger partial charge in [-0.3, -0.25) is 24.0 Å². The first-order valence-corrected chi connectivity index (χ1v) is 14.3. The van der Waals surface area contributed by atoms with E-state index in [2.05, 4.69) is 21.5 Å². The number of anilines is 2. The molecule has 2 aliphatic heterocycles. The Bertz CT molecular complexity index is 1510. The zero-order chi connectivity index (χ0) is 29.2. The van der Waals surface area contributed by atoms with Gasteiger partial charge in [-0.25, -0.2) is 4.98 Å². The first-order valence-electron chi connectivity index (χ1n) is 14.3. The van der Waals surface area contributed by atoms with Crippen molar-refractivity contribution in [3.8, 4) is 11.3 Å². The Hall–Kier alpha value is -4.58. The summed E-state index contributed by atoms with van der Waals surface area (Å²) < 4.78 is 7.47. The smallest absolute Gasteiger partial charge is 0.262 e. The number of hydrogen-bond donors (Lipinski definition) is 2. The van der Waals surface area contributed by atoms with Gasteiger partial charge in [-0.15, -0.1) is 0 Å². The number of primary amides is 1. The molecular formula is C30H33N7O5. The Kier molecular flexibility index (Phi) is 7.70. The molecule has 1 atom stereocenters. The van der Waals surface area contributed by atoms with Gasteiger partial charge in [0.15, 0.2) is 0 Å². The maximum atomic E-state index is 13.0. The lowest BCUT2D eigenvalue weighted by atomic mass is 9.80. The summed E-state index contributed by atoms with van der Waals surface area (Å²) in [5.41, 5.74) is 8.50. The van der Waals surface area contributed by atoms with Gasteiger partial charge in [-0.05, 0) is 55.5 Å². The molecule has 218 valence electrons. The number of ether oxygens (including phenoxy) is 1. The number of aromatic nitrogens is 3. The molecule has 0 bridgehead atoms. The van der Waals surface area contributed by atoms with Crippen molar-refractivity contribution in [2.45, 2.75) is 37.8 Å². The summed E-state index contributed by atoms with van der Waals surface area (Å²) >= 11 is 0. The van der Waals surface area contributed by atoms with E-state index in [0.717, 1.165) is 53.6 Å². The van der Waals surface area contributed by atoms with Gasteiger partial charge in [-0.2, -0.15) is 5.10 Å². The van der Waals surface area contributed by atoms with Crippen LogP contribution in [0.1, 0.15) is 52.4 Å².